The van der Waals surface area contributed by atoms with Crippen molar-refractivity contribution < 1.29 is 14.4 Å². The summed E-state index contributed by atoms with van der Waals surface area (Å²) in [6, 6.07) is 14.0. The van der Waals surface area contributed by atoms with Gasteiger partial charge in [0, 0.05) is 26.1 Å². The molecule has 0 aliphatic carbocycles. The van der Waals surface area contributed by atoms with Gasteiger partial charge in [0.2, 0.25) is 0 Å². The van der Waals surface area contributed by atoms with Gasteiger partial charge in [-0.15, -0.1) is 0 Å². The molecule has 0 saturated carbocycles. The van der Waals surface area contributed by atoms with Gasteiger partial charge in [0.15, 0.2) is 0 Å². The molecule has 1 atom stereocenters. The second-order valence-electron chi connectivity index (χ2n) is 6.75. The summed E-state index contributed by atoms with van der Waals surface area (Å²) in [6.45, 7) is 3.72. The minimum atomic E-state index is -0.853. The third-order valence-corrected chi connectivity index (χ3v) is 5.53. The van der Waals surface area contributed by atoms with Crippen LogP contribution in [0.1, 0.15) is 30.8 Å². The van der Waals surface area contributed by atoms with Crippen molar-refractivity contribution in [1.29, 1.82) is 0 Å². The molecule has 1 aromatic heterocycles. The third kappa shape index (κ3) is 5.09. The van der Waals surface area contributed by atoms with Crippen molar-refractivity contribution in [1.82, 2.24) is 9.99 Å². The van der Waals surface area contributed by atoms with Crippen LogP contribution in [0.25, 0.3) is 10.9 Å². The highest BCUT2D eigenvalue weighted by atomic mass is 79.9. The second kappa shape index (κ2) is 9.44. The molecule has 0 aliphatic rings. The van der Waals surface area contributed by atoms with Gasteiger partial charge in [0.1, 0.15) is 5.69 Å². The first-order valence-corrected chi connectivity index (χ1v) is 10.9. The number of amides is 3. The van der Waals surface area contributed by atoms with Gasteiger partial charge in [-0.3, -0.25) is 19.8 Å². The molecular weight excluding hydrogens is 516 g/mol. The molecule has 3 aromatic rings. The molecule has 7 nitrogen and oxygen atoms in total. The summed E-state index contributed by atoms with van der Waals surface area (Å²) in [5.41, 5.74) is 3.92. The van der Waals surface area contributed by atoms with Crippen LogP contribution in [-0.2, 0) is 9.59 Å². The van der Waals surface area contributed by atoms with Gasteiger partial charge in [0.05, 0.1) is 5.52 Å². The average Bonchev–Trinajstić information content (AvgIpc) is 3.06. The molecular formula is C21H20Br2N4O3. The number of fused-ring (bicyclic) bond motifs is 1. The first-order valence-electron chi connectivity index (χ1n) is 9.28. The Morgan fingerprint density at radius 2 is 1.63 bits per heavy atom. The number of carbonyl (C=O) groups is 3. The first kappa shape index (κ1) is 22.0. The number of benzene rings is 2. The third-order valence-electron chi connectivity index (χ3n) is 4.51. The Morgan fingerprint density at radius 3 is 2.30 bits per heavy atom. The van der Waals surface area contributed by atoms with E-state index in [1.165, 1.54) is 4.68 Å². The molecule has 2 aromatic carbocycles. The Kier molecular flexibility index (Phi) is 6.94. The number of hydrogen-bond acceptors (Lipinski definition) is 3. The largest absolute Gasteiger partial charge is 0.345 e. The molecule has 0 aliphatic heterocycles. The van der Waals surface area contributed by atoms with E-state index in [4.69, 9.17) is 0 Å². The van der Waals surface area contributed by atoms with Crippen LogP contribution in [0.5, 0.6) is 0 Å². The van der Waals surface area contributed by atoms with E-state index in [0.717, 1.165) is 14.3 Å². The molecule has 3 amide bonds. The van der Waals surface area contributed by atoms with Gasteiger partial charge >= 0.3 is 11.8 Å². The maximum Gasteiger partial charge on any atom is 0.328 e. The van der Waals surface area contributed by atoms with Crippen LogP contribution in [0.2, 0.25) is 0 Å². The summed E-state index contributed by atoms with van der Waals surface area (Å²) in [5, 5.41) is 6.15. The van der Waals surface area contributed by atoms with E-state index in [0.29, 0.717) is 17.6 Å². The summed E-state index contributed by atoms with van der Waals surface area (Å²) in [6.07, 6.45) is 0.695. The lowest BCUT2D eigenvalue weighted by Crippen LogP contribution is -2.43. The lowest BCUT2D eigenvalue weighted by atomic mass is 10.2. The topological polar surface area (TPSA) is 92.2 Å². The fraction of sp³-hybridized carbons (Fsp3) is 0.190. The molecule has 1 heterocycles. The highest BCUT2D eigenvalue weighted by Crippen LogP contribution is 2.24. The summed E-state index contributed by atoms with van der Waals surface area (Å²) < 4.78 is 3.04. The normalized spacial score (nSPS) is 11.7. The Labute approximate surface area is 190 Å². The van der Waals surface area contributed by atoms with E-state index < -0.39 is 17.7 Å². The fourth-order valence-electron chi connectivity index (χ4n) is 2.75. The van der Waals surface area contributed by atoms with Crippen LogP contribution in [-0.4, -0.2) is 28.4 Å². The van der Waals surface area contributed by atoms with Crippen LogP contribution in [0.15, 0.2) is 57.5 Å². The lowest BCUT2D eigenvalue weighted by Gasteiger charge is -2.14. The SMILES string of the molecule is CC[C@@H](C)NC(=O)C(=O)Nn1c(C(=O)Nc2ccc(Br)cc2)cc2cc(Br)ccc21. The van der Waals surface area contributed by atoms with E-state index in [9.17, 15) is 14.4 Å². The van der Waals surface area contributed by atoms with Crippen molar-refractivity contribution in [3.8, 4) is 0 Å². The molecule has 0 unspecified atom stereocenters. The molecule has 0 radical (unpaired) electrons. The molecule has 0 spiro atoms. The van der Waals surface area contributed by atoms with Gasteiger partial charge in [-0.1, -0.05) is 38.8 Å². The molecule has 0 bridgehead atoms. The Morgan fingerprint density at radius 1 is 0.967 bits per heavy atom. The smallest absolute Gasteiger partial charge is 0.328 e. The van der Waals surface area contributed by atoms with Gasteiger partial charge in [-0.05, 0) is 61.9 Å². The Balaban J connectivity index is 1.93. The number of hydrogen-bond donors (Lipinski definition) is 3. The molecule has 30 heavy (non-hydrogen) atoms. The van der Waals surface area contributed by atoms with Crippen molar-refractivity contribution in [2.75, 3.05) is 10.7 Å². The quantitative estimate of drug-likeness (QED) is 0.423. The van der Waals surface area contributed by atoms with Crippen LogP contribution in [0.3, 0.4) is 0 Å². The van der Waals surface area contributed by atoms with Crippen molar-refractivity contribution in [2.24, 2.45) is 0 Å². The standard InChI is InChI=1S/C21H20Br2N4O3/c1-3-12(2)24-20(29)21(30)26-27-17-9-6-15(23)10-13(17)11-18(27)19(28)25-16-7-4-14(22)5-8-16/h4-12H,3H2,1-2H3,(H,24,29)(H,25,28)(H,26,30)/t12-/m1/s1. The number of rotatable bonds is 5. The maximum absolute atomic E-state index is 12.9. The number of nitrogens with one attached hydrogen (secondary N) is 3. The zero-order valence-corrected chi connectivity index (χ0v) is 19.5. The van der Waals surface area contributed by atoms with Crippen molar-refractivity contribution in [3.05, 3.63) is 63.2 Å². The monoisotopic (exact) mass is 534 g/mol. The molecule has 3 rings (SSSR count). The number of anilines is 1. The number of halogens is 2. The molecule has 0 fully saturated rings. The summed E-state index contributed by atoms with van der Waals surface area (Å²) in [4.78, 5) is 37.6. The van der Waals surface area contributed by atoms with Crippen LogP contribution in [0.4, 0.5) is 5.69 Å². The Hall–Kier alpha value is -2.65. The van der Waals surface area contributed by atoms with Crippen molar-refractivity contribution in [2.45, 2.75) is 26.3 Å². The lowest BCUT2D eigenvalue weighted by molar-refractivity contribution is -0.137. The van der Waals surface area contributed by atoms with Crippen LogP contribution in [0, 0.1) is 0 Å². The predicted octanol–water partition coefficient (Wildman–Crippen LogP) is 4.40. The minimum absolute atomic E-state index is 0.138. The van der Waals surface area contributed by atoms with Crippen molar-refractivity contribution in [3.63, 3.8) is 0 Å². The highest BCUT2D eigenvalue weighted by Gasteiger charge is 2.21. The minimum Gasteiger partial charge on any atom is -0.345 e. The van der Waals surface area contributed by atoms with Gasteiger partial charge in [0.25, 0.3) is 5.91 Å². The Bertz CT molecular complexity index is 1110. The zero-order valence-electron chi connectivity index (χ0n) is 16.3. The zero-order chi connectivity index (χ0) is 21.8. The number of nitrogens with zero attached hydrogens (tertiary/aromatic N) is 1. The van der Waals surface area contributed by atoms with E-state index in [1.54, 1.807) is 30.3 Å². The van der Waals surface area contributed by atoms with E-state index in [-0.39, 0.29) is 11.7 Å². The molecule has 3 N–H and O–H groups in total. The van der Waals surface area contributed by atoms with Gasteiger partial charge < -0.3 is 10.6 Å². The molecule has 9 heteroatoms. The van der Waals surface area contributed by atoms with Crippen molar-refractivity contribution >= 4 is 66.2 Å². The van der Waals surface area contributed by atoms with Crippen LogP contribution >= 0.6 is 31.9 Å². The van der Waals surface area contributed by atoms with E-state index in [1.807, 2.05) is 32.0 Å². The molecule has 0 saturated heterocycles. The maximum atomic E-state index is 12.9. The average molecular weight is 536 g/mol. The molecule has 156 valence electrons. The van der Waals surface area contributed by atoms with E-state index in [2.05, 4.69) is 47.9 Å². The number of aromatic nitrogens is 1. The number of carbonyl (C=O) groups excluding carboxylic acids is 3. The van der Waals surface area contributed by atoms with E-state index >= 15 is 0 Å². The summed E-state index contributed by atoms with van der Waals surface area (Å²) in [5.74, 6) is -2.04. The fourth-order valence-corrected chi connectivity index (χ4v) is 3.39. The van der Waals surface area contributed by atoms with Gasteiger partial charge in [-0.2, -0.15) is 0 Å². The summed E-state index contributed by atoms with van der Waals surface area (Å²) >= 11 is 6.76. The highest BCUT2D eigenvalue weighted by molar-refractivity contribution is 9.10. The second-order valence-corrected chi connectivity index (χ2v) is 8.58. The van der Waals surface area contributed by atoms with Gasteiger partial charge in [-0.25, -0.2) is 4.68 Å². The first-order chi connectivity index (χ1) is 14.3. The van der Waals surface area contributed by atoms with Crippen LogP contribution < -0.4 is 16.1 Å². The summed E-state index contributed by atoms with van der Waals surface area (Å²) in [7, 11) is 0. The predicted molar refractivity (Wildman–Crippen MR) is 124 cm³/mol.